The Morgan fingerprint density at radius 3 is 2.91 bits per heavy atom. The second kappa shape index (κ2) is 6.03. The summed E-state index contributed by atoms with van der Waals surface area (Å²) in [4.78, 5) is 12.3. The van der Waals surface area contributed by atoms with E-state index in [0.29, 0.717) is 37.8 Å². The lowest BCUT2D eigenvalue weighted by molar-refractivity contribution is -0.174. The molecule has 23 heavy (non-hydrogen) atoms. The Hall–Kier alpha value is -1.19. The standard InChI is InChI=1S/C20H26O3/c21-18-13-19(10-11-22-15-16-6-2-1-3-7-16)12-17-8-4-5-9-20(17,14-18)23-19/h1-3,6-7,17H,4-5,8-15H2/t17?,19-,20-/m0/s1. The van der Waals surface area contributed by atoms with Crippen LogP contribution < -0.4 is 0 Å². The van der Waals surface area contributed by atoms with Gasteiger partial charge in [0.1, 0.15) is 5.78 Å². The van der Waals surface area contributed by atoms with Gasteiger partial charge in [-0.25, -0.2) is 0 Å². The van der Waals surface area contributed by atoms with Gasteiger partial charge in [0.05, 0.1) is 17.8 Å². The van der Waals surface area contributed by atoms with Crippen LogP contribution in [0, 0.1) is 5.92 Å². The normalized spacial score (nSPS) is 36.0. The molecule has 2 saturated heterocycles. The van der Waals surface area contributed by atoms with Crippen LogP contribution >= 0.6 is 0 Å². The first-order chi connectivity index (χ1) is 11.2. The van der Waals surface area contributed by atoms with E-state index in [-0.39, 0.29) is 11.2 Å². The third-order valence-corrected chi connectivity index (χ3v) is 6.01. The number of fused-ring (bicyclic) bond motifs is 1. The highest BCUT2D eigenvalue weighted by Gasteiger charge is 2.60. The number of ether oxygens (including phenoxy) is 2. The molecule has 0 aromatic heterocycles. The smallest absolute Gasteiger partial charge is 0.138 e. The highest BCUT2D eigenvalue weighted by Crippen LogP contribution is 2.57. The van der Waals surface area contributed by atoms with Gasteiger partial charge in [0.2, 0.25) is 0 Å². The van der Waals surface area contributed by atoms with E-state index < -0.39 is 0 Å². The van der Waals surface area contributed by atoms with E-state index in [9.17, 15) is 4.79 Å². The molecule has 1 aromatic rings. The largest absolute Gasteiger partial charge is 0.377 e. The zero-order valence-corrected chi connectivity index (χ0v) is 13.8. The van der Waals surface area contributed by atoms with Crippen LogP contribution in [0.3, 0.4) is 0 Å². The van der Waals surface area contributed by atoms with Crippen molar-refractivity contribution in [2.75, 3.05) is 6.61 Å². The van der Waals surface area contributed by atoms with E-state index in [1.165, 1.54) is 24.8 Å². The van der Waals surface area contributed by atoms with Crippen molar-refractivity contribution in [2.45, 2.75) is 69.2 Å². The molecule has 1 aliphatic carbocycles. The van der Waals surface area contributed by atoms with Gasteiger partial charge in [-0.1, -0.05) is 43.2 Å². The van der Waals surface area contributed by atoms with Gasteiger partial charge in [-0.15, -0.1) is 0 Å². The average molecular weight is 314 g/mol. The summed E-state index contributed by atoms with van der Waals surface area (Å²) < 4.78 is 12.5. The Balaban J connectivity index is 1.37. The van der Waals surface area contributed by atoms with Crippen LogP contribution in [0.2, 0.25) is 0 Å². The van der Waals surface area contributed by atoms with Gasteiger partial charge in [0, 0.05) is 25.9 Å². The van der Waals surface area contributed by atoms with E-state index in [4.69, 9.17) is 9.47 Å². The fourth-order valence-electron chi connectivity index (χ4n) is 5.02. The van der Waals surface area contributed by atoms with Crippen molar-refractivity contribution in [1.29, 1.82) is 0 Å². The second-order valence-corrected chi connectivity index (χ2v) is 7.68. The average Bonchev–Trinajstić information content (AvgIpc) is 2.79. The Labute approximate surface area is 138 Å². The van der Waals surface area contributed by atoms with Gasteiger partial charge in [-0.05, 0) is 30.7 Å². The van der Waals surface area contributed by atoms with E-state index >= 15 is 0 Å². The zero-order chi connectivity index (χ0) is 15.8. The molecule has 2 bridgehead atoms. The summed E-state index contributed by atoms with van der Waals surface area (Å²) in [5, 5.41) is 0. The lowest BCUT2D eigenvalue weighted by Gasteiger charge is -2.42. The molecule has 2 aliphatic heterocycles. The van der Waals surface area contributed by atoms with Gasteiger partial charge in [-0.2, -0.15) is 0 Å². The first kappa shape index (κ1) is 15.3. The summed E-state index contributed by atoms with van der Waals surface area (Å²) in [6.45, 7) is 1.31. The molecule has 1 unspecified atom stereocenters. The number of benzene rings is 1. The van der Waals surface area contributed by atoms with E-state index in [0.717, 1.165) is 19.3 Å². The summed E-state index contributed by atoms with van der Waals surface area (Å²) in [5.41, 5.74) is 0.843. The number of rotatable bonds is 5. The minimum atomic E-state index is -0.235. The molecule has 0 amide bonds. The highest BCUT2D eigenvalue weighted by atomic mass is 16.5. The quantitative estimate of drug-likeness (QED) is 0.769. The predicted octanol–water partition coefficient (Wildman–Crippen LogP) is 4.04. The number of hydrogen-bond donors (Lipinski definition) is 0. The number of carbonyl (C=O) groups excluding carboxylic acids is 1. The Morgan fingerprint density at radius 2 is 2.04 bits per heavy atom. The Morgan fingerprint density at radius 1 is 1.17 bits per heavy atom. The third kappa shape index (κ3) is 2.97. The van der Waals surface area contributed by atoms with Crippen LogP contribution in [0.4, 0.5) is 0 Å². The zero-order valence-electron chi connectivity index (χ0n) is 13.8. The second-order valence-electron chi connectivity index (χ2n) is 7.68. The molecule has 3 fully saturated rings. The van der Waals surface area contributed by atoms with E-state index in [2.05, 4.69) is 12.1 Å². The van der Waals surface area contributed by atoms with Crippen molar-refractivity contribution < 1.29 is 14.3 Å². The van der Waals surface area contributed by atoms with Crippen LogP contribution in [0.15, 0.2) is 30.3 Å². The minimum Gasteiger partial charge on any atom is -0.377 e. The highest BCUT2D eigenvalue weighted by molar-refractivity contribution is 5.82. The number of carbonyl (C=O) groups is 1. The minimum absolute atomic E-state index is 0.118. The van der Waals surface area contributed by atoms with Gasteiger partial charge in [-0.3, -0.25) is 4.79 Å². The van der Waals surface area contributed by atoms with Crippen LogP contribution in [-0.2, 0) is 20.9 Å². The monoisotopic (exact) mass is 314 g/mol. The van der Waals surface area contributed by atoms with Crippen molar-refractivity contribution in [3.63, 3.8) is 0 Å². The molecule has 3 atom stereocenters. The maximum absolute atomic E-state index is 12.3. The molecule has 1 saturated carbocycles. The molecule has 1 aromatic carbocycles. The predicted molar refractivity (Wildman–Crippen MR) is 88.1 cm³/mol. The molecule has 1 spiro atoms. The third-order valence-electron chi connectivity index (χ3n) is 6.01. The fraction of sp³-hybridized carbons (Fsp3) is 0.650. The van der Waals surface area contributed by atoms with Crippen molar-refractivity contribution in [2.24, 2.45) is 5.92 Å². The molecule has 124 valence electrons. The number of hydrogen-bond acceptors (Lipinski definition) is 3. The molecular weight excluding hydrogens is 288 g/mol. The van der Waals surface area contributed by atoms with Crippen molar-refractivity contribution in [1.82, 2.24) is 0 Å². The fourth-order valence-corrected chi connectivity index (χ4v) is 5.02. The first-order valence-electron chi connectivity index (χ1n) is 9.03. The molecular formula is C20H26O3. The summed E-state index contributed by atoms with van der Waals surface area (Å²) in [5.74, 6) is 1.00. The summed E-state index contributed by atoms with van der Waals surface area (Å²) in [7, 11) is 0. The van der Waals surface area contributed by atoms with Gasteiger partial charge in [0.25, 0.3) is 0 Å². The van der Waals surface area contributed by atoms with Gasteiger partial charge < -0.3 is 9.47 Å². The lowest BCUT2D eigenvalue weighted by atomic mass is 9.73. The Bertz CT molecular complexity index is 570. The topological polar surface area (TPSA) is 35.5 Å². The molecule has 4 rings (SSSR count). The summed E-state index contributed by atoms with van der Waals surface area (Å²) >= 11 is 0. The van der Waals surface area contributed by atoms with Gasteiger partial charge >= 0.3 is 0 Å². The van der Waals surface area contributed by atoms with Crippen molar-refractivity contribution in [3.05, 3.63) is 35.9 Å². The number of Topliss-reactive ketones (excluding diaryl/α,β-unsaturated/α-hetero) is 1. The molecule has 3 aliphatic rings. The summed E-state index contributed by atoms with van der Waals surface area (Å²) in [6, 6.07) is 10.2. The molecule has 0 radical (unpaired) electrons. The van der Waals surface area contributed by atoms with Crippen molar-refractivity contribution in [3.8, 4) is 0 Å². The SMILES string of the molecule is O=C1C[C@]2(CCOCc3ccccc3)CC3CCCC[C@@]3(C1)O2. The molecule has 2 heterocycles. The lowest BCUT2D eigenvalue weighted by Crippen LogP contribution is -2.47. The maximum Gasteiger partial charge on any atom is 0.138 e. The Kier molecular flexibility index (Phi) is 4.02. The van der Waals surface area contributed by atoms with Gasteiger partial charge in [0.15, 0.2) is 0 Å². The number of ketones is 1. The van der Waals surface area contributed by atoms with Crippen LogP contribution in [-0.4, -0.2) is 23.6 Å². The molecule has 3 nitrogen and oxygen atoms in total. The first-order valence-corrected chi connectivity index (χ1v) is 9.03. The van der Waals surface area contributed by atoms with E-state index in [1.807, 2.05) is 18.2 Å². The van der Waals surface area contributed by atoms with Crippen LogP contribution in [0.5, 0.6) is 0 Å². The summed E-state index contributed by atoms with van der Waals surface area (Å²) in [6.07, 6.45) is 7.99. The molecule has 0 N–H and O–H groups in total. The van der Waals surface area contributed by atoms with Crippen molar-refractivity contribution >= 4 is 5.78 Å². The van der Waals surface area contributed by atoms with Crippen LogP contribution in [0.25, 0.3) is 0 Å². The maximum atomic E-state index is 12.3. The van der Waals surface area contributed by atoms with E-state index in [1.54, 1.807) is 0 Å². The molecule has 3 heteroatoms. The van der Waals surface area contributed by atoms with Crippen LogP contribution in [0.1, 0.15) is 56.9 Å².